The third-order valence-electron chi connectivity index (χ3n) is 5.62. The van der Waals surface area contributed by atoms with E-state index in [-0.39, 0.29) is 31.2 Å². The summed E-state index contributed by atoms with van der Waals surface area (Å²) in [5.74, 6) is 1.58. The van der Waals surface area contributed by atoms with Gasteiger partial charge in [0.15, 0.2) is 5.82 Å². The number of carbonyl (C=O) groups is 1. The molecule has 3 aromatic rings. The molecule has 5 rings (SSSR count). The number of halogens is 1. The predicted octanol–water partition coefficient (Wildman–Crippen LogP) is 3.42. The average Bonchev–Trinajstić information content (AvgIpc) is 3.30. The van der Waals surface area contributed by atoms with Gasteiger partial charge >= 0.3 is 0 Å². The van der Waals surface area contributed by atoms with Gasteiger partial charge in [-0.25, -0.2) is 4.39 Å². The monoisotopic (exact) mass is 411 g/mol. The molecule has 0 N–H and O–H groups in total. The lowest BCUT2D eigenvalue weighted by molar-refractivity contribution is -0.136. The van der Waals surface area contributed by atoms with Gasteiger partial charge in [-0.3, -0.25) is 4.79 Å². The Kier molecular flexibility index (Phi) is 4.80. The molecule has 0 spiro atoms. The highest BCUT2D eigenvalue weighted by Gasteiger charge is 2.44. The molecule has 0 bridgehead atoms. The maximum Gasteiger partial charge on any atom is 0.266 e. The molecule has 30 heavy (non-hydrogen) atoms. The predicted molar refractivity (Wildman–Crippen MR) is 103 cm³/mol. The van der Waals surface area contributed by atoms with Gasteiger partial charge in [0, 0.05) is 30.9 Å². The Balaban J connectivity index is 1.20. The van der Waals surface area contributed by atoms with Crippen LogP contribution in [0.4, 0.5) is 4.39 Å². The van der Waals surface area contributed by atoms with Crippen LogP contribution in [0.2, 0.25) is 0 Å². The normalized spacial score (nSPS) is 21.7. The van der Waals surface area contributed by atoms with Crippen LogP contribution in [0, 0.1) is 0 Å². The number of aromatic nitrogens is 4. The van der Waals surface area contributed by atoms with Crippen molar-refractivity contribution in [2.24, 2.45) is 0 Å². The summed E-state index contributed by atoms with van der Waals surface area (Å²) in [6.45, 7) is 0.435. The van der Waals surface area contributed by atoms with Crippen LogP contribution in [0.25, 0.3) is 11.4 Å². The fourth-order valence-electron chi connectivity index (χ4n) is 3.76. The minimum atomic E-state index is -1.79. The van der Waals surface area contributed by atoms with Gasteiger partial charge in [-0.15, -0.1) is 0 Å². The van der Waals surface area contributed by atoms with E-state index < -0.39 is 5.67 Å². The molecule has 1 aliphatic heterocycles. The maximum absolute atomic E-state index is 15.5. The quantitative estimate of drug-likeness (QED) is 0.613. The number of amides is 1. The second-order valence-corrected chi connectivity index (χ2v) is 7.99. The SMILES string of the molecule is O=C(CCc1nc(-c2ccccc2)no1)N1CCCC(F)(c2nc(C3CC3)no2)C1. The summed E-state index contributed by atoms with van der Waals surface area (Å²) < 4.78 is 26.0. The summed E-state index contributed by atoms with van der Waals surface area (Å²) in [7, 11) is 0. The van der Waals surface area contributed by atoms with Crippen molar-refractivity contribution in [1.82, 2.24) is 25.2 Å². The summed E-state index contributed by atoms with van der Waals surface area (Å²) in [5.41, 5.74) is -0.943. The molecule has 1 saturated carbocycles. The second kappa shape index (κ2) is 7.62. The molecule has 2 aliphatic rings. The molecule has 1 unspecified atom stereocenters. The number of hydrogen-bond donors (Lipinski definition) is 0. The van der Waals surface area contributed by atoms with Gasteiger partial charge in [-0.2, -0.15) is 9.97 Å². The molecule has 1 saturated heterocycles. The van der Waals surface area contributed by atoms with Crippen LogP contribution in [-0.4, -0.2) is 44.2 Å². The Hall–Kier alpha value is -3.10. The summed E-state index contributed by atoms with van der Waals surface area (Å²) >= 11 is 0. The summed E-state index contributed by atoms with van der Waals surface area (Å²) in [6, 6.07) is 9.48. The van der Waals surface area contributed by atoms with Crippen molar-refractivity contribution in [2.45, 2.75) is 50.1 Å². The van der Waals surface area contributed by atoms with Gasteiger partial charge in [-0.05, 0) is 25.7 Å². The molecule has 1 atom stereocenters. The van der Waals surface area contributed by atoms with E-state index >= 15 is 4.39 Å². The van der Waals surface area contributed by atoms with Crippen molar-refractivity contribution in [3.63, 3.8) is 0 Å². The lowest BCUT2D eigenvalue weighted by atomic mass is 9.94. The zero-order valence-electron chi connectivity index (χ0n) is 16.5. The van der Waals surface area contributed by atoms with Gasteiger partial charge in [0.25, 0.3) is 5.89 Å². The molecule has 1 aromatic carbocycles. The van der Waals surface area contributed by atoms with Crippen molar-refractivity contribution >= 4 is 5.91 Å². The molecule has 9 heteroatoms. The molecule has 0 radical (unpaired) electrons. The molecule has 1 amide bonds. The van der Waals surface area contributed by atoms with Crippen LogP contribution in [-0.2, 0) is 16.9 Å². The molecule has 2 fully saturated rings. The number of benzene rings is 1. The average molecular weight is 411 g/mol. The van der Waals surface area contributed by atoms with E-state index in [1.165, 1.54) is 4.90 Å². The molecular formula is C21H22FN5O3. The molecule has 1 aliphatic carbocycles. The third kappa shape index (κ3) is 3.83. The van der Waals surface area contributed by atoms with Crippen LogP contribution in [0.3, 0.4) is 0 Å². The largest absolute Gasteiger partial charge is 0.339 e. The Morgan fingerprint density at radius 1 is 1.17 bits per heavy atom. The van der Waals surface area contributed by atoms with E-state index in [1.54, 1.807) is 0 Å². The van der Waals surface area contributed by atoms with Crippen LogP contribution >= 0.6 is 0 Å². The van der Waals surface area contributed by atoms with Crippen molar-refractivity contribution in [3.8, 4) is 11.4 Å². The number of alkyl halides is 1. The molecule has 3 heterocycles. The van der Waals surface area contributed by atoms with Crippen molar-refractivity contribution in [2.75, 3.05) is 13.1 Å². The van der Waals surface area contributed by atoms with E-state index in [0.29, 0.717) is 42.8 Å². The van der Waals surface area contributed by atoms with Crippen LogP contribution in [0.15, 0.2) is 39.4 Å². The van der Waals surface area contributed by atoms with E-state index in [0.717, 1.165) is 18.4 Å². The minimum absolute atomic E-state index is 0.00805. The number of hydrogen-bond acceptors (Lipinski definition) is 7. The number of aryl methyl sites for hydroxylation is 1. The van der Waals surface area contributed by atoms with Crippen LogP contribution in [0.1, 0.15) is 55.6 Å². The number of rotatable bonds is 6. The van der Waals surface area contributed by atoms with Crippen molar-refractivity contribution in [1.29, 1.82) is 0 Å². The van der Waals surface area contributed by atoms with Crippen molar-refractivity contribution in [3.05, 3.63) is 47.9 Å². The zero-order chi connectivity index (χ0) is 20.6. The van der Waals surface area contributed by atoms with Crippen LogP contribution < -0.4 is 0 Å². The van der Waals surface area contributed by atoms with Crippen LogP contribution in [0.5, 0.6) is 0 Å². The van der Waals surface area contributed by atoms with E-state index in [9.17, 15) is 4.79 Å². The standard InChI is InChI=1S/C21H22FN5O3/c22-21(20-24-19(26-30-20)15-7-8-15)11-4-12-27(13-21)17(28)10-9-16-23-18(25-29-16)14-5-2-1-3-6-14/h1-3,5-6,15H,4,7-13H2. The highest BCUT2D eigenvalue weighted by Crippen LogP contribution is 2.41. The first-order valence-electron chi connectivity index (χ1n) is 10.3. The lowest BCUT2D eigenvalue weighted by Crippen LogP contribution is -2.46. The zero-order valence-corrected chi connectivity index (χ0v) is 16.5. The number of piperidine rings is 1. The summed E-state index contributed by atoms with van der Waals surface area (Å²) in [6.07, 6.45) is 3.33. The van der Waals surface area contributed by atoms with Crippen molar-refractivity contribution < 1.29 is 18.2 Å². The topological polar surface area (TPSA) is 98.2 Å². The second-order valence-electron chi connectivity index (χ2n) is 7.99. The van der Waals surface area contributed by atoms with E-state index in [4.69, 9.17) is 9.05 Å². The summed E-state index contributed by atoms with van der Waals surface area (Å²) in [4.78, 5) is 22.8. The number of nitrogens with zero attached hydrogens (tertiary/aromatic N) is 5. The minimum Gasteiger partial charge on any atom is -0.339 e. The number of likely N-dealkylation sites (tertiary alicyclic amines) is 1. The first kappa shape index (κ1) is 18.9. The first-order chi connectivity index (χ1) is 14.6. The lowest BCUT2D eigenvalue weighted by Gasteiger charge is -2.35. The van der Waals surface area contributed by atoms with Gasteiger partial charge in [0.05, 0.1) is 6.54 Å². The van der Waals surface area contributed by atoms with Gasteiger partial charge < -0.3 is 13.9 Å². The fraction of sp³-hybridized carbons (Fsp3) is 0.476. The molecular weight excluding hydrogens is 389 g/mol. The highest BCUT2D eigenvalue weighted by molar-refractivity contribution is 5.76. The maximum atomic E-state index is 15.5. The Morgan fingerprint density at radius 2 is 2.00 bits per heavy atom. The third-order valence-corrected chi connectivity index (χ3v) is 5.62. The Bertz CT molecular complexity index is 1030. The Labute approximate surface area is 172 Å². The van der Waals surface area contributed by atoms with Gasteiger partial charge in [0.2, 0.25) is 23.3 Å². The molecule has 156 valence electrons. The molecule has 2 aromatic heterocycles. The number of carbonyl (C=O) groups excluding carboxylic acids is 1. The fourth-order valence-corrected chi connectivity index (χ4v) is 3.76. The summed E-state index contributed by atoms with van der Waals surface area (Å²) in [5, 5.41) is 7.88. The Morgan fingerprint density at radius 3 is 2.80 bits per heavy atom. The van der Waals surface area contributed by atoms with E-state index in [1.807, 2.05) is 30.3 Å². The highest BCUT2D eigenvalue weighted by atomic mass is 19.1. The van der Waals surface area contributed by atoms with Gasteiger partial charge in [-0.1, -0.05) is 40.6 Å². The van der Waals surface area contributed by atoms with E-state index in [2.05, 4.69) is 20.3 Å². The van der Waals surface area contributed by atoms with Gasteiger partial charge in [0.1, 0.15) is 0 Å². The molecule has 8 nitrogen and oxygen atoms in total. The smallest absolute Gasteiger partial charge is 0.266 e. The first-order valence-corrected chi connectivity index (χ1v) is 10.3.